The SMILES string of the molecule is Cc1ccn(C(C)C)c1C(=O)NCc1c(F)cccc1Cl. The topological polar surface area (TPSA) is 34.0 Å². The maximum atomic E-state index is 13.7. The minimum absolute atomic E-state index is 0.0626. The minimum Gasteiger partial charge on any atom is -0.347 e. The van der Waals surface area contributed by atoms with Crippen molar-refractivity contribution in [2.75, 3.05) is 0 Å². The Morgan fingerprint density at radius 3 is 2.71 bits per heavy atom. The van der Waals surface area contributed by atoms with E-state index in [2.05, 4.69) is 5.32 Å². The number of benzene rings is 1. The second-order valence-electron chi connectivity index (χ2n) is 5.23. The molecule has 1 aromatic heterocycles. The first-order chi connectivity index (χ1) is 9.91. The summed E-state index contributed by atoms with van der Waals surface area (Å²) in [5.74, 6) is -0.649. The van der Waals surface area contributed by atoms with Crippen LogP contribution in [0.2, 0.25) is 5.02 Å². The minimum atomic E-state index is -0.418. The summed E-state index contributed by atoms with van der Waals surface area (Å²) in [5, 5.41) is 3.05. The Kier molecular flexibility index (Phi) is 4.68. The number of hydrogen-bond acceptors (Lipinski definition) is 1. The van der Waals surface area contributed by atoms with Crippen LogP contribution < -0.4 is 5.32 Å². The van der Waals surface area contributed by atoms with Gasteiger partial charge < -0.3 is 9.88 Å². The second kappa shape index (κ2) is 6.31. The number of carbonyl (C=O) groups excluding carboxylic acids is 1. The number of nitrogens with zero attached hydrogens (tertiary/aromatic N) is 1. The van der Waals surface area contributed by atoms with Crippen molar-refractivity contribution in [1.82, 2.24) is 9.88 Å². The predicted molar refractivity (Wildman–Crippen MR) is 82.1 cm³/mol. The number of amides is 1. The summed E-state index contributed by atoms with van der Waals surface area (Å²) >= 11 is 5.95. The van der Waals surface area contributed by atoms with Crippen molar-refractivity contribution in [1.29, 1.82) is 0 Å². The van der Waals surface area contributed by atoms with E-state index in [1.165, 1.54) is 12.1 Å². The average molecular weight is 309 g/mol. The third kappa shape index (κ3) is 3.27. The Balaban J connectivity index is 2.18. The summed E-state index contributed by atoms with van der Waals surface area (Å²) in [4.78, 5) is 12.4. The highest BCUT2D eigenvalue weighted by molar-refractivity contribution is 6.31. The van der Waals surface area contributed by atoms with Crippen LogP contribution in [0.1, 0.15) is 41.5 Å². The van der Waals surface area contributed by atoms with Gasteiger partial charge in [-0.3, -0.25) is 4.79 Å². The average Bonchev–Trinajstić information content (AvgIpc) is 2.80. The standard InChI is InChI=1S/C16H18ClFN2O/c1-10(2)20-8-7-11(3)15(20)16(21)19-9-12-13(17)5-4-6-14(12)18/h4-8,10H,9H2,1-3H3,(H,19,21). The maximum absolute atomic E-state index is 13.7. The number of rotatable bonds is 4. The Morgan fingerprint density at radius 1 is 1.38 bits per heavy atom. The van der Waals surface area contributed by atoms with Crippen LogP contribution >= 0.6 is 11.6 Å². The zero-order chi connectivity index (χ0) is 15.6. The molecule has 0 atom stereocenters. The van der Waals surface area contributed by atoms with Gasteiger partial charge in [0, 0.05) is 29.4 Å². The smallest absolute Gasteiger partial charge is 0.268 e. The number of aromatic nitrogens is 1. The van der Waals surface area contributed by atoms with Gasteiger partial charge in [-0.1, -0.05) is 17.7 Å². The predicted octanol–water partition coefficient (Wildman–Crippen LogP) is 4.10. The quantitative estimate of drug-likeness (QED) is 0.906. The molecule has 112 valence electrons. The first kappa shape index (κ1) is 15.6. The van der Waals surface area contributed by atoms with Crippen molar-refractivity contribution in [2.24, 2.45) is 0 Å². The van der Waals surface area contributed by atoms with E-state index in [0.717, 1.165) is 5.56 Å². The molecule has 2 rings (SSSR count). The fourth-order valence-electron chi connectivity index (χ4n) is 2.23. The van der Waals surface area contributed by atoms with E-state index in [4.69, 9.17) is 11.6 Å². The van der Waals surface area contributed by atoms with Crippen molar-refractivity contribution in [3.63, 3.8) is 0 Å². The number of carbonyl (C=O) groups is 1. The Labute approximate surface area is 128 Å². The van der Waals surface area contributed by atoms with E-state index in [0.29, 0.717) is 16.3 Å². The number of halogens is 2. The van der Waals surface area contributed by atoms with Crippen molar-refractivity contribution in [3.8, 4) is 0 Å². The van der Waals surface area contributed by atoms with Crippen molar-refractivity contribution >= 4 is 17.5 Å². The van der Waals surface area contributed by atoms with Crippen LogP contribution in [0.3, 0.4) is 0 Å². The molecule has 0 aliphatic carbocycles. The van der Waals surface area contributed by atoms with Crippen molar-refractivity contribution in [2.45, 2.75) is 33.4 Å². The molecule has 1 N–H and O–H groups in total. The molecular weight excluding hydrogens is 291 g/mol. The van der Waals surface area contributed by atoms with Gasteiger partial charge in [-0.25, -0.2) is 4.39 Å². The molecule has 1 amide bonds. The van der Waals surface area contributed by atoms with E-state index in [-0.39, 0.29) is 18.5 Å². The molecule has 3 nitrogen and oxygen atoms in total. The Morgan fingerprint density at radius 2 is 2.10 bits per heavy atom. The number of hydrogen-bond donors (Lipinski definition) is 1. The Bertz CT molecular complexity index is 644. The van der Waals surface area contributed by atoms with E-state index in [9.17, 15) is 9.18 Å². The molecule has 0 radical (unpaired) electrons. The van der Waals surface area contributed by atoms with Crippen LogP contribution in [0.25, 0.3) is 0 Å². The summed E-state index contributed by atoms with van der Waals surface area (Å²) < 4.78 is 15.6. The fraction of sp³-hybridized carbons (Fsp3) is 0.312. The lowest BCUT2D eigenvalue weighted by Gasteiger charge is -2.14. The Hall–Kier alpha value is -1.81. The molecule has 0 bridgehead atoms. The molecular formula is C16H18ClFN2O. The molecule has 0 aliphatic heterocycles. The molecule has 1 aromatic carbocycles. The van der Waals surface area contributed by atoms with Crippen LogP contribution in [0.15, 0.2) is 30.5 Å². The van der Waals surface area contributed by atoms with E-state index >= 15 is 0 Å². The van der Waals surface area contributed by atoms with Gasteiger partial charge in [-0.15, -0.1) is 0 Å². The van der Waals surface area contributed by atoms with Crippen LogP contribution in [0.4, 0.5) is 4.39 Å². The van der Waals surface area contributed by atoms with Gasteiger partial charge in [0.05, 0.1) is 0 Å². The summed E-state index contributed by atoms with van der Waals surface area (Å²) in [5.41, 5.74) is 1.78. The molecule has 0 spiro atoms. The third-order valence-corrected chi connectivity index (χ3v) is 3.73. The monoisotopic (exact) mass is 308 g/mol. The largest absolute Gasteiger partial charge is 0.347 e. The summed E-state index contributed by atoms with van der Waals surface area (Å²) in [6, 6.07) is 6.54. The van der Waals surface area contributed by atoms with Gasteiger partial charge >= 0.3 is 0 Å². The van der Waals surface area contributed by atoms with Gasteiger partial charge in [0.25, 0.3) is 5.91 Å². The molecule has 0 saturated carbocycles. The van der Waals surface area contributed by atoms with Crippen molar-refractivity contribution in [3.05, 3.63) is 58.1 Å². The first-order valence-corrected chi connectivity index (χ1v) is 7.18. The second-order valence-corrected chi connectivity index (χ2v) is 5.64. The molecule has 21 heavy (non-hydrogen) atoms. The summed E-state index contributed by atoms with van der Waals surface area (Å²) in [6.45, 7) is 5.95. The molecule has 2 aromatic rings. The first-order valence-electron chi connectivity index (χ1n) is 6.80. The number of nitrogens with one attached hydrogen (secondary N) is 1. The lowest BCUT2D eigenvalue weighted by Crippen LogP contribution is -2.27. The van der Waals surface area contributed by atoms with Gasteiger partial charge in [0.15, 0.2) is 0 Å². The van der Waals surface area contributed by atoms with E-state index in [1.807, 2.05) is 37.6 Å². The van der Waals surface area contributed by atoms with Gasteiger partial charge in [-0.05, 0) is 44.5 Å². The van der Waals surface area contributed by atoms with Gasteiger partial charge in [0.2, 0.25) is 0 Å². The van der Waals surface area contributed by atoms with Crippen LogP contribution in [-0.2, 0) is 6.54 Å². The van der Waals surface area contributed by atoms with E-state index < -0.39 is 5.82 Å². The third-order valence-electron chi connectivity index (χ3n) is 3.38. The summed E-state index contributed by atoms with van der Waals surface area (Å²) in [6.07, 6.45) is 1.88. The van der Waals surface area contributed by atoms with Gasteiger partial charge in [0.1, 0.15) is 11.5 Å². The van der Waals surface area contributed by atoms with Crippen LogP contribution in [-0.4, -0.2) is 10.5 Å². The normalized spacial score (nSPS) is 11.0. The highest BCUT2D eigenvalue weighted by Crippen LogP contribution is 2.20. The molecule has 0 aliphatic rings. The lowest BCUT2D eigenvalue weighted by molar-refractivity contribution is 0.0939. The molecule has 0 unspecified atom stereocenters. The van der Waals surface area contributed by atoms with Crippen molar-refractivity contribution < 1.29 is 9.18 Å². The van der Waals surface area contributed by atoms with Crippen LogP contribution in [0, 0.1) is 12.7 Å². The van der Waals surface area contributed by atoms with Crippen LogP contribution in [0.5, 0.6) is 0 Å². The van der Waals surface area contributed by atoms with E-state index in [1.54, 1.807) is 6.07 Å². The zero-order valence-electron chi connectivity index (χ0n) is 12.3. The molecule has 1 heterocycles. The highest BCUT2D eigenvalue weighted by Gasteiger charge is 2.17. The highest BCUT2D eigenvalue weighted by atomic mass is 35.5. The fourth-order valence-corrected chi connectivity index (χ4v) is 2.46. The molecule has 0 saturated heterocycles. The summed E-state index contributed by atoms with van der Waals surface area (Å²) in [7, 11) is 0. The number of aryl methyl sites for hydroxylation is 1. The van der Waals surface area contributed by atoms with Gasteiger partial charge in [-0.2, -0.15) is 0 Å². The molecule has 5 heteroatoms. The maximum Gasteiger partial charge on any atom is 0.268 e. The lowest BCUT2D eigenvalue weighted by atomic mass is 10.2. The zero-order valence-corrected chi connectivity index (χ0v) is 13.0. The molecule has 0 fully saturated rings.